The van der Waals surface area contributed by atoms with Gasteiger partial charge < -0.3 is 10.4 Å². The van der Waals surface area contributed by atoms with Gasteiger partial charge in [-0.1, -0.05) is 6.07 Å². The minimum absolute atomic E-state index is 0.0673. The van der Waals surface area contributed by atoms with Crippen molar-refractivity contribution >= 4 is 23.2 Å². The van der Waals surface area contributed by atoms with Crippen LogP contribution in [0.2, 0.25) is 0 Å². The van der Waals surface area contributed by atoms with E-state index < -0.39 is 10.9 Å². The second kappa shape index (κ2) is 5.35. The number of aromatic nitrogens is 1. The van der Waals surface area contributed by atoms with E-state index in [2.05, 4.69) is 10.3 Å². The minimum Gasteiger partial charge on any atom is -0.478 e. The summed E-state index contributed by atoms with van der Waals surface area (Å²) >= 11 is 0. The summed E-state index contributed by atoms with van der Waals surface area (Å²) in [5.74, 6) is -0.987. The highest BCUT2D eigenvalue weighted by atomic mass is 16.6. The van der Waals surface area contributed by atoms with Crippen LogP contribution < -0.4 is 5.32 Å². The zero-order valence-electron chi connectivity index (χ0n) is 10.5. The van der Waals surface area contributed by atoms with Gasteiger partial charge in [0.1, 0.15) is 0 Å². The molecule has 0 spiro atoms. The molecule has 0 aliphatic rings. The Kier molecular flexibility index (Phi) is 3.60. The van der Waals surface area contributed by atoms with Gasteiger partial charge in [-0.15, -0.1) is 0 Å². The molecule has 0 aliphatic carbocycles. The highest BCUT2D eigenvalue weighted by Crippen LogP contribution is 2.25. The first-order valence-electron chi connectivity index (χ1n) is 5.69. The monoisotopic (exact) mass is 273 g/mol. The molecule has 102 valence electrons. The number of carbonyl (C=O) groups is 1. The van der Waals surface area contributed by atoms with Gasteiger partial charge in [-0.3, -0.25) is 10.1 Å². The number of aryl methyl sites for hydroxylation is 1. The molecule has 7 nitrogen and oxygen atoms in total. The number of aromatic carboxylic acids is 1. The Morgan fingerprint density at radius 3 is 2.80 bits per heavy atom. The number of nitrogens with zero attached hydrogens (tertiary/aromatic N) is 2. The Morgan fingerprint density at radius 1 is 1.40 bits per heavy atom. The number of anilines is 2. The average molecular weight is 273 g/mol. The number of benzene rings is 1. The van der Waals surface area contributed by atoms with E-state index >= 15 is 0 Å². The molecule has 0 fully saturated rings. The molecule has 2 N–H and O–H groups in total. The normalized spacial score (nSPS) is 10.1. The summed E-state index contributed by atoms with van der Waals surface area (Å²) in [6, 6.07) is 7.46. The maximum atomic E-state index is 11.0. The standard InChI is InChI=1S/C13H11N3O4/c1-8-4-5-9(7-10(8)13(17)18)15-12-11(16(19)20)3-2-6-14-12/h2-7H,1H3,(H,14,15)(H,17,18). The topological polar surface area (TPSA) is 105 Å². The molecule has 0 radical (unpaired) electrons. The van der Waals surface area contributed by atoms with Crippen LogP contribution in [0.3, 0.4) is 0 Å². The highest BCUT2D eigenvalue weighted by Gasteiger charge is 2.15. The highest BCUT2D eigenvalue weighted by molar-refractivity contribution is 5.90. The van der Waals surface area contributed by atoms with Crippen LogP contribution in [0.25, 0.3) is 0 Å². The van der Waals surface area contributed by atoms with Gasteiger partial charge in [0.15, 0.2) is 0 Å². The van der Waals surface area contributed by atoms with Crippen LogP contribution in [-0.2, 0) is 0 Å². The number of nitro groups is 1. The fourth-order valence-corrected chi connectivity index (χ4v) is 1.71. The molecule has 0 aliphatic heterocycles. The Labute approximate surface area is 114 Å². The summed E-state index contributed by atoms with van der Waals surface area (Å²) in [7, 11) is 0. The summed E-state index contributed by atoms with van der Waals surface area (Å²) in [4.78, 5) is 25.3. The summed E-state index contributed by atoms with van der Waals surface area (Å²) in [5, 5.41) is 22.7. The van der Waals surface area contributed by atoms with Crippen LogP contribution >= 0.6 is 0 Å². The van der Waals surface area contributed by atoms with E-state index in [0.717, 1.165) is 0 Å². The third kappa shape index (κ3) is 2.72. The van der Waals surface area contributed by atoms with Crippen LogP contribution in [0.5, 0.6) is 0 Å². The first-order valence-corrected chi connectivity index (χ1v) is 5.69. The molecule has 7 heteroatoms. The summed E-state index contributed by atoms with van der Waals surface area (Å²) in [6.45, 7) is 1.68. The predicted molar refractivity (Wildman–Crippen MR) is 72.3 cm³/mol. The maximum absolute atomic E-state index is 11.0. The third-order valence-corrected chi connectivity index (χ3v) is 2.71. The summed E-state index contributed by atoms with van der Waals surface area (Å²) in [5.41, 5.74) is 0.993. The van der Waals surface area contributed by atoms with E-state index in [9.17, 15) is 14.9 Å². The zero-order chi connectivity index (χ0) is 14.7. The molecule has 20 heavy (non-hydrogen) atoms. The van der Waals surface area contributed by atoms with E-state index in [1.807, 2.05) is 0 Å². The Bertz CT molecular complexity index is 685. The fraction of sp³-hybridized carbons (Fsp3) is 0.0769. The van der Waals surface area contributed by atoms with Crippen molar-refractivity contribution < 1.29 is 14.8 Å². The molecule has 1 heterocycles. The first-order chi connectivity index (χ1) is 9.49. The number of hydrogen-bond acceptors (Lipinski definition) is 5. The third-order valence-electron chi connectivity index (χ3n) is 2.71. The smallest absolute Gasteiger partial charge is 0.336 e. The van der Waals surface area contributed by atoms with Gasteiger partial charge in [0, 0.05) is 18.0 Å². The van der Waals surface area contributed by atoms with E-state index in [0.29, 0.717) is 11.3 Å². The van der Waals surface area contributed by atoms with Gasteiger partial charge in [0.05, 0.1) is 10.5 Å². The molecule has 1 aromatic heterocycles. The van der Waals surface area contributed by atoms with Gasteiger partial charge in [0.25, 0.3) is 0 Å². The maximum Gasteiger partial charge on any atom is 0.336 e. The van der Waals surface area contributed by atoms with E-state index in [4.69, 9.17) is 5.11 Å². The lowest BCUT2D eigenvalue weighted by Crippen LogP contribution is -2.03. The zero-order valence-corrected chi connectivity index (χ0v) is 10.5. The lowest BCUT2D eigenvalue weighted by atomic mass is 10.1. The molecule has 0 saturated heterocycles. The second-order valence-corrected chi connectivity index (χ2v) is 4.09. The van der Waals surface area contributed by atoms with Crippen molar-refractivity contribution in [3.63, 3.8) is 0 Å². The van der Waals surface area contributed by atoms with E-state index in [1.165, 1.54) is 24.4 Å². The largest absolute Gasteiger partial charge is 0.478 e. The molecule has 2 aromatic rings. The summed E-state index contributed by atoms with van der Waals surface area (Å²) < 4.78 is 0. The van der Waals surface area contributed by atoms with Crippen molar-refractivity contribution in [3.05, 3.63) is 57.8 Å². The number of carboxylic acid groups (broad SMARTS) is 1. The van der Waals surface area contributed by atoms with Gasteiger partial charge in [-0.25, -0.2) is 9.78 Å². The van der Waals surface area contributed by atoms with Crippen molar-refractivity contribution in [3.8, 4) is 0 Å². The Balaban J connectivity index is 2.38. The number of pyridine rings is 1. The second-order valence-electron chi connectivity index (χ2n) is 4.09. The fourth-order valence-electron chi connectivity index (χ4n) is 1.71. The van der Waals surface area contributed by atoms with Crippen LogP contribution in [0.4, 0.5) is 17.2 Å². The van der Waals surface area contributed by atoms with Crippen molar-refractivity contribution in [2.24, 2.45) is 0 Å². The van der Waals surface area contributed by atoms with E-state index in [1.54, 1.807) is 19.1 Å². The number of rotatable bonds is 4. The predicted octanol–water partition coefficient (Wildman–Crippen LogP) is 2.74. The van der Waals surface area contributed by atoms with Crippen LogP contribution in [0.1, 0.15) is 15.9 Å². The van der Waals surface area contributed by atoms with Gasteiger partial charge in [0.2, 0.25) is 5.82 Å². The van der Waals surface area contributed by atoms with Crippen LogP contribution in [0.15, 0.2) is 36.5 Å². The van der Waals surface area contributed by atoms with E-state index in [-0.39, 0.29) is 17.1 Å². The molecular weight excluding hydrogens is 262 g/mol. The number of carboxylic acids is 1. The van der Waals surface area contributed by atoms with Crippen molar-refractivity contribution in [1.29, 1.82) is 0 Å². The molecule has 0 bridgehead atoms. The van der Waals surface area contributed by atoms with Gasteiger partial charge >= 0.3 is 11.7 Å². The Hall–Kier alpha value is -2.96. The summed E-state index contributed by atoms with van der Waals surface area (Å²) in [6.07, 6.45) is 1.42. The minimum atomic E-state index is -1.05. The van der Waals surface area contributed by atoms with Gasteiger partial charge in [-0.05, 0) is 30.7 Å². The van der Waals surface area contributed by atoms with Crippen molar-refractivity contribution in [2.45, 2.75) is 6.92 Å². The van der Waals surface area contributed by atoms with Crippen molar-refractivity contribution in [1.82, 2.24) is 4.98 Å². The molecule has 1 aromatic carbocycles. The lowest BCUT2D eigenvalue weighted by molar-refractivity contribution is -0.384. The molecule has 0 saturated carbocycles. The van der Waals surface area contributed by atoms with Crippen molar-refractivity contribution in [2.75, 3.05) is 5.32 Å². The average Bonchev–Trinajstić information content (AvgIpc) is 2.41. The molecule has 2 rings (SSSR count). The molecule has 0 amide bonds. The number of nitrogens with one attached hydrogen (secondary N) is 1. The first kappa shape index (κ1) is 13.5. The SMILES string of the molecule is Cc1ccc(Nc2ncccc2[N+](=O)[O-])cc1C(=O)O. The Morgan fingerprint density at radius 2 is 2.15 bits per heavy atom. The number of hydrogen-bond donors (Lipinski definition) is 2. The molecule has 0 unspecified atom stereocenters. The van der Waals surface area contributed by atoms with Crippen LogP contribution in [-0.4, -0.2) is 21.0 Å². The molecular formula is C13H11N3O4. The lowest BCUT2D eigenvalue weighted by Gasteiger charge is -2.08. The molecule has 0 atom stereocenters. The quantitative estimate of drug-likeness (QED) is 0.655. The van der Waals surface area contributed by atoms with Gasteiger partial charge in [-0.2, -0.15) is 0 Å². The van der Waals surface area contributed by atoms with Crippen LogP contribution in [0, 0.1) is 17.0 Å².